The van der Waals surface area contributed by atoms with Crippen LogP contribution in [0, 0.1) is 18.7 Å². The van der Waals surface area contributed by atoms with Crippen LogP contribution in [0.3, 0.4) is 0 Å². The van der Waals surface area contributed by atoms with Crippen LogP contribution in [-0.2, 0) is 16.0 Å². The number of carbonyl (C=O) groups excluding carboxylic acids is 1. The molecule has 4 heteroatoms. The Bertz CT molecular complexity index is 393. The molecule has 2 N–H and O–H groups in total. The van der Waals surface area contributed by atoms with Crippen molar-refractivity contribution in [2.45, 2.75) is 20.3 Å². The highest BCUT2D eigenvalue weighted by Gasteiger charge is 2.18. The number of esters is 1. The monoisotopic (exact) mass is 239 g/mol. The Labute approximate surface area is 101 Å². The van der Waals surface area contributed by atoms with Crippen molar-refractivity contribution in [1.29, 1.82) is 0 Å². The summed E-state index contributed by atoms with van der Waals surface area (Å²) in [4.78, 5) is 11.6. The van der Waals surface area contributed by atoms with Crippen LogP contribution >= 0.6 is 0 Å². The van der Waals surface area contributed by atoms with Crippen molar-refractivity contribution in [1.82, 2.24) is 0 Å². The average molecular weight is 239 g/mol. The van der Waals surface area contributed by atoms with Crippen LogP contribution in [-0.4, -0.2) is 19.1 Å². The van der Waals surface area contributed by atoms with Gasteiger partial charge in [-0.05, 0) is 37.5 Å². The minimum atomic E-state index is -0.361. The van der Waals surface area contributed by atoms with Gasteiger partial charge in [-0.15, -0.1) is 0 Å². The largest absolute Gasteiger partial charge is 0.466 e. The molecule has 0 fully saturated rings. The number of aryl methyl sites for hydroxylation is 1. The second-order valence-corrected chi connectivity index (χ2v) is 3.97. The number of hydrogen-bond donors (Lipinski definition) is 1. The Hall–Kier alpha value is -1.42. The molecule has 0 spiro atoms. The molecular formula is C13H18FNO2. The normalized spacial score (nSPS) is 12.2. The molecule has 0 aliphatic heterocycles. The van der Waals surface area contributed by atoms with Crippen molar-refractivity contribution >= 4 is 5.97 Å². The first kappa shape index (κ1) is 13.6. The molecule has 1 unspecified atom stereocenters. The number of nitrogens with two attached hydrogens (primary N) is 1. The van der Waals surface area contributed by atoms with E-state index in [1.165, 1.54) is 6.07 Å². The number of ether oxygens (including phenoxy) is 1. The molecule has 0 heterocycles. The van der Waals surface area contributed by atoms with Crippen LogP contribution in [0.1, 0.15) is 18.1 Å². The highest BCUT2D eigenvalue weighted by molar-refractivity contribution is 5.73. The van der Waals surface area contributed by atoms with Gasteiger partial charge >= 0.3 is 5.97 Å². The molecule has 0 bridgehead atoms. The molecule has 1 rings (SSSR count). The van der Waals surface area contributed by atoms with E-state index >= 15 is 0 Å². The zero-order valence-electron chi connectivity index (χ0n) is 10.2. The Morgan fingerprint density at radius 3 is 2.76 bits per heavy atom. The summed E-state index contributed by atoms with van der Waals surface area (Å²) in [5.74, 6) is -0.897. The van der Waals surface area contributed by atoms with Gasteiger partial charge in [-0.25, -0.2) is 4.39 Å². The van der Waals surface area contributed by atoms with Gasteiger partial charge in [0.05, 0.1) is 12.5 Å². The summed E-state index contributed by atoms with van der Waals surface area (Å²) in [6, 6.07) is 4.81. The summed E-state index contributed by atoms with van der Waals surface area (Å²) < 4.78 is 18.0. The van der Waals surface area contributed by atoms with E-state index in [0.29, 0.717) is 18.6 Å². The van der Waals surface area contributed by atoms with E-state index in [1.807, 2.05) is 0 Å². The van der Waals surface area contributed by atoms with Crippen molar-refractivity contribution in [2.75, 3.05) is 13.2 Å². The predicted octanol–water partition coefficient (Wildman–Crippen LogP) is 1.81. The Morgan fingerprint density at radius 1 is 1.53 bits per heavy atom. The van der Waals surface area contributed by atoms with Gasteiger partial charge in [0.15, 0.2) is 0 Å². The maximum absolute atomic E-state index is 13.1. The van der Waals surface area contributed by atoms with Gasteiger partial charge in [-0.3, -0.25) is 4.79 Å². The predicted molar refractivity (Wildman–Crippen MR) is 64.0 cm³/mol. The van der Waals surface area contributed by atoms with Crippen molar-refractivity contribution in [3.05, 3.63) is 35.1 Å². The van der Waals surface area contributed by atoms with E-state index in [4.69, 9.17) is 10.5 Å². The highest BCUT2D eigenvalue weighted by Crippen LogP contribution is 2.14. The molecule has 0 radical (unpaired) electrons. The third kappa shape index (κ3) is 3.82. The van der Waals surface area contributed by atoms with Gasteiger partial charge in [0.25, 0.3) is 0 Å². The zero-order chi connectivity index (χ0) is 12.8. The van der Waals surface area contributed by atoms with E-state index in [9.17, 15) is 9.18 Å². The lowest BCUT2D eigenvalue weighted by Gasteiger charge is -2.13. The van der Waals surface area contributed by atoms with Crippen molar-refractivity contribution in [2.24, 2.45) is 11.7 Å². The summed E-state index contributed by atoms with van der Waals surface area (Å²) >= 11 is 0. The number of halogens is 1. The molecule has 0 aromatic heterocycles. The van der Waals surface area contributed by atoms with Crippen LogP contribution in [0.2, 0.25) is 0 Å². The average Bonchev–Trinajstić information content (AvgIpc) is 2.30. The Balaban J connectivity index is 2.73. The maximum Gasteiger partial charge on any atom is 0.310 e. The van der Waals surface area contributed by atoms with Gasteiger partial charge in [0.2, 0.25) is 0 Å². The Kier molecular flexibility index (Phi) is 5.10. The van der Waals surface area contributed by atoms with Gasteiger partial charge in [-0.2, -0.15) is 0 Å². The quantitative estimate of drug-likeness (QED) is 0.797. The summed E-state index contributed by atoms with van der Waals surface area (Å²) in [6.07, 6.45) is 0.483. The number of hydrogen-bond acceptors (Lipinski definition) is 3. The third-order valence-electron chi connectivity index (χ3n) is 2.61. The maximum atomic E-state index is 13.1. The van der Waals surface area contributed by atoms with E-state index < -0.39 is 0 Å². The molecule has 0 saturated heterocycles. The molecule has 1 aromatic rings. The molecule has 0 aliphatic carbocycles. The molecule has 1 aromatic carbocycles. The number of benzene rings is 1. The fourth-order valence-electron chi connectivity index (χ4n) is 1.64. The first-order valence-corrected chi connectivity index (χ1v) is 5.70. The van der Waals surface area contributed by atoms with Crippen LogP contribution in [0.5, 0.6) is 0 Å². The summed E-state index contributed by atoms with van der Waals surface area (Å²) in [5, 5.41) is 0. The molecule has 1 atom stereocenters. The van der Waals surface area contributed by atoms with E-state index in [-0.39, 0.29) is 24.2 Å². The van der Waals surface area contributed by atoms with Gasteiger partial charge < -0.3 is 10.5 Å². The summed E-state index contributed by atoms with van der Waals surface area (Å²) in [5.41, 5.74) is 7.01. The van der Waals surface area contributed by atoms with E-state index in [0.717, 1.165) is 5.56 Å². The van der Waals surface area contributed by atoms with E-state index in [2.05, 4.69) is 0 Å². The third-order valence-corrected chi connectivity index (χ3v) is 2.61. The Morgan fingerprint density at radius 2 is 2.24 bits per heavy atom. The second-order valence-electron chi connectivity index (χ2n) is 3.97. The smallest absolute Gasteiger partial charge is 0.310 e. The molecule has 3 nitrogen and oxygen atoms in total. The van der Waals surface area contributed by atoms with Gasteiger partial charge in [0, 0.05) is 6.54 Å². The lowest BCUT2D eigenvalue weighted by Crippen LogP contribution is -2.27. The minimum absolute atomic E-state index is 0.231. The molecule has 0 amide bonds. The summed E-state index contributed by atoms with van der Waals surface area (Å²) in [6.45, 7) is 4.03. The van der Waals surface area contributed by atoms with Crippen LogP contribution in [0.15, 0.2) is 18.2 Å². The number of carbonyl (C=O) groups is 1. The van der Waals surface area contributed by atoms with Crippen molar-refractivity contribution in [3.8, 4) is 0 Å². The van der Waals surface area contributed by atoms with Gasteiger partial charge in [0.1, 0.15) is 5.82 Å². The number of rotatable bonds is 5. The standard InChI is InChI=1S/C13H18FNO2/c1-3-17-13(16)11(8-15)7-10-4-5-12(14)9(2)6-10/h4-6,11H,3,7-8,15H2,1-2H3. The lowest BCUT2D eigenvalue weighted by atomic mass is 9.98. The molecule has 94 valence electrons. The fourth-order valence-corrected chi connectivity index (χ4v) is 1.64. The first-order valence-electron chi connectivity index (χ1n) is 5.70. The molecule has 17 heavy (non-hydrogen) atoms. The van der Waals surface area contributed by atoms with E-state index in [1.54, 1.807) is 26.0 Å². The molecule has 0 aliphatic rings. The topological polar surface area (TPSA) is 52.3 Å². The van der Waals surface area contributed by atoms with Crippen molar-refractivity contribution in [3.63, 3.8) is 0 Å². The fraction of sp³-hybridized carbons (Fsp3) is 0.462. The van der Waals surface area contributed by atoms with Crippen LogP contribution < -0.4 is 5.73 Å². The highest BCUT2D eigenvalue weighted by atomic mass is 19.1. The van der Waals surface area contributed by atoms with Gasteiger partial charge in [-0.1, -0.05) is 12.1 Å². The van der Waals surface area contributed by atoms with Crippen LogP contribution in [0.4, 0.5) is 4.39 Å². The summed E-state index contributed by atoms with van der Waals surface area (Å²) in [7, 11) is 0. The van der Waals surface area contributed by atoms with Crippen LogP contribution in [0.25, 0.3) is 0 Å². The zero-order valence-corrected chi connectivity index (χ0v) is 10.2. The SMILES string of the molecule is CCOC(=O)C(CN)Cc1ccc(F)c(C)c1. The lowest BCUT2D eigenvalue weighted by molar-refractivity contribution is -0.147. The minimum Gasteiger partial charge on any atom is -0.466 e. The van der Waals surface area contributed by atoms with Crippen molar-refractivity contribution < 1.29 is 13.9 Å². The molecule has 0 saturated carbocycles. The molecular weight excluding hydrogens is 221 g/mol. The first-order chi connectivity index (χ1) is 8.08. The second kappa shape index (κ2) is 6.35.